The first kappa shape index (κ1) is 58.9. The van der Waals surface area contributed by atoms with Crippen molar-refractivity contribution in [2.24, 2.45) is 0 Å². The highest BCUT2D eigenvalue weighted by molar-refractivity contribution is 5.71. The lowest BCUT2D eigenvalue weighted by molar-refractivity contribution is -0.167. The summed E-state index contributed by atoms with van der Waals surface area (Å²) < 4.78 is 16.8. The normalized spacial score (nSPS) is 12.1. The maximum Gasteiger partial charge on any atom is 0.306 e. The zero-order chi connectivity index (χ0) is 44.4. The molecule has 6 nitrogen and oxygen atoms in total. The molecule has 0 aliphatic rings. The lowest BCUT2D eigenvalue weighted by Crippen LogP contribution is -2.30. The molecule has 6 heteroatoms. The number of ether oxygens (including phenoxy) is 3. The first-order valence-electron chi connectivity index (χ1n) is 26.8. The van der Waals surface area contributed by atoms with E-state index in [2.05, 4.69) is 45.1 Å². The molecule has 0 rings (SSSR count). The molecule has 61 heavy (non-hydrogen) atoms. The number of hydrogen-bond acceptors (Lipinski definition) is 6. The second-order valence-electron chi connectivity index (χ2n) is 18.1. The molecule has 0 saturated carbocycles. The van der Waals surface area contributed by atoms with Crippen molar-refractivity contribution in [2.45, 2.75) is 297 Å². The summed E-state index contributed by atoms with van der Waals surface area (Å²) in [4.78, 5) is 38.0. The summed E-state index contributed by atoms with van der Waals surface area (Å²) in [6, 6.07) is 0. The predicted octanol–water partition coefficient (Wildman–Crippen LogP) is 17.5. The minimum absolute atomic E-state index is 0.0724. The first-order chi connectivity index (χ1) is 30.0. The van der Waals surface area contributed by atoms with Crippen LogP contribution in [-0.2, 0) is 28.6 Å². The van der Waals surface area contributed by atoms with Crippen LogP contribution in [0.25, 0.3) is 0 Å². The molecule has 0 spiro atoms. The molecular weight excluding hydrogens is 757 g/mol. The van der Waals surface area contributed by atoms with E-state index < -0.39 is 6.10 Å². The molecule has 0 aromatic carbocycles. The van der Waals surface area contributed by atoms with E-state index in [1.807, 2.05) is 0 Å². The number of esters is 3. The van der Waals surface area contributed by atoms with Gasteiger partial charge in [0.25, 0.3) is 0 Å². The number of allylic oxidation sites excluding steroid dienone is 4. The first-order valence-corrected chi connectivity index (χ1v) is 26.8. The lowest BCUT2D eigenvalue weighted by Gasteiger charge is -2.18. The summed E-state index contributed by atoms with van der Waals surface area (Å²) in [5, 5.41) is 0. The molecule has 1 atom stereocenters. The number of rotatable bonds is 49. The van der Waals surface area contributed by atoms with Gasteiger partial charge in [-0.1, -0.05) is 231 Å². The minimum Gasteiger partial charge on any atom is -0.462 e. The molecule has 0 heterocycles. The van der Waals surface area contributed by atoms with E-state index >= 15 is 0 Å². The smallest absolute Gasteiger partial charge is 0.306 e. The average Bonchev–Trinajstić information content (AvgIpc) is 3.26. The Bertz CT molecular complexity index is 989. The van der Waals surface area contributed by atoms with Crippen molar-refractivity contribution in [3.05, 3.63) is 24.3 Å². The summed E-state index contributed by atoms with van der Waals surface area (Å²) in [5.41, 5.74) is 0. The third-order valence-corrected chi connectivity index (χ3v) is 11.9. The van der Waals surface area contributed by atoms with Crippen LogP contribution in [0.15, 0.2) is 24.3 Å². The van der Waals surface area contributed by atoms with E-state index in [-0.39, 0.29) is 31.1 Å². The van der Waals surface area contributed by atoms with Crippen LogP contribution in [0.5, 0.6) is 0 Å². The highest BCUT2D eigenvalue weighted by atomic mass is 16.6. The van der Waals surface area contributed by atoms with Gasteiger partial charge in [-0.05, 0) is 64.2 Å². The van der Waals surface area contributed by atoms with Crippen molar-refractivity contribution in [3.63, 3.8) is 0 Å². The van der Waals surface area contributed by atoms with Gasteiger partial charge in [0.2, 0.25) is 0 Å². The second kappa shape index (κ2) is 50.5. The summed E-state index contributed by atoms with van der Waals surface area (Å²) in [6.07, 6.45) is 57.3. The maximum absolute atomic E-state index is 12.8. The molecule has 0 N–H and O–H groups in total. The Labute approximate surface area is 379 Å². The Morgan fingerprint density at radius 1 is 0.311 bits per heavy atom. The van der Waals surface area contributed by atoms with E-state index in [1.54, 1.807) is 0 Å². The topological polar surface area (TPSA) is 78.9 Å². The SMILES string of the molecule is CCCC/C=C\CCCCCCCC(=O)OCC(COC(=O)CCCCCCCCC/C=C\CCCCCCCCC)OC(=O)CCCCCCCCCCCCCCCC. The van der Waals surface area contributed by atoms with E-state index in [0.29, 0.717) is 19.3 Å². The Morgan fingerprint density at radius 3 is 0.869 bits per heavy atom. The quantitative estimate of drug-likeness (QED) is 0.0262. The van der Waals surface area contributed by atoms with Crippen LogP contribution >= 0.6 is 0 Å². The van der Waals surface area contributed by atoms with Crippen molar-refractivity contribution >= 4 is 17.9 Å². The van der Waals surface area contributed by atoms with E-state index in [9.17, 15) is 14.4 Å². The molecule has 0 aliphatic heterocycles. The van der Waals surface area contributed by atoms with E-state index in [0.717, 1.165) is 64.2 Å². The van der Waals surface area contributed by atoms with Crippen molar-refractivity contribution in [3.8, 4) is 0 Å². The van der Waals surface area contributed by atoms with Crippen LogP contribution in [0.1, 0.15) is 290 Å². The molecule has 0 fully saturated rings. The van der Waals surface area contributed by atoms with Gasteiger partial charge in [0.15, 0.2) is 6.10 Å². The van der Waals surface area contributed by atoms with Gasteiger partial charge in [0.1, 0.15) is 13.2 Å². The van der Waals surface area contributed by atoms with E-state index in [1.165, 1.54) is 186 Å². The third kappa shape index (κ3) is 48.8. The van der Waals surface area contributed by atoms with Crippen LogP contribution in [0.3, 0.4) is 0 Å². The number of carbonyl (C=O) groups excluding carboxylic acids is 3. The standard InChI is InChI=1S/C55H102O6/c1-4-7-10-13-16-19-22-24-26-27-28-29-31-33-36-39-42-45-48-54(57)60-51-52(50-59-53(56)47-44-41-38-35-32-21-18-15-12-9-6-3)61-55(58)49-46-43-40-37-34-30-25-23-20-17-14-11-8-5-2/h15,18,26-27,52H,4-14,16-17,19-25,28-51H2,1-3H3/b18-15-,27-26-. The van der Waals surface area contributed by atoms with Crippen LogP contribution in [0.4, 0.5) is 0 Å². The molecular formula is C55H102O6. The Kier molecular flexibility index (Phi) is 48.8. The molecule has 0 saturated heterocycles. The molecule has 0 aliphatic carbocycles. The lowest BCUT2D eigenvalue weighted by atomic mass is 10.0. The Hall–Kier alpha value is -2.11. The van der Waals surface area contributed by atoms with Crippen LogP contribution < -0.4 is 0 Å². The van der Waals surface area contributed by atoms with Crippen molar-refractivity contribution < 1.29 is 28.6 Å². The van der Waals surface area contributed by atoms with Gasteiger partial charge < -0.3 is 14.2 Å². The van der Waals surface area contributed by atoms with Gasteiger partial charge >= 0.3 is 17.9 Å². The second-order valence-corrected chi connectivity index (χ2v) is 18.1. The zero-order valence-corrected chi connectivity index (χ0v) is 40.9. The number of hydrogen-bond donors (Lipinski definition) is 0. The third-order valence-electron chi connectivity index (χ3n) is 11.9. The molecule has 0 amide bonds. The average molecular weight is 859 g/mol. The summed E-state index contributed by atoms with van der Waals surface area (Å²) in [5.74, 6) is -0.872. The fraction of sp³-hybridized carbons (Fsp3) is 0.873. The fourth-order valence-electron chi connectivity index (χ4n) is 7.83. The Morgan fingerprint density at radius 2 is 0.557 bits per heavy atom. The molecule has 0 aromatic heterocycles. The zero-order valence-electron chi connectivity index (χ0n) is 40.9. The summed E-state index contributed by atoms with van der Waals surface area (Å²) >= 11 is 0. The van der Waals surface area contributed by atoms with Gasteiger partial charge in [-0.3, -0.25) is 14.4 Å². The van der Waals surface area contributed by atoms with Crippen LogP contribution in [0, 0.1) is 0 Å². The largest absolute Gasteiger partial charge is 0.462 e. The van der Waals surface area contributed by atoms with Gasteiger partial charge in [0, 0.05) is 19.3 Å². The highest BCUT2D eigenvalue weighted by Gasteiger charge is 2.19. The van der Waals surface area contributed by atoms with Crippen molar-refractivity contribution in [2.75, 3.05) is 13.2 Å². The van der Waals surface area contributed by atoms with Gasteiger partial charge in [-0.15, -0.1) is 0 Å². The summed E-state index contributed by atoms with van der Waals surface area (Å²) in [6.45, 7) is 6.62. The predicted molar refractivity (Wildman–Crippen MR) is 261 cm³/mol. The molecule has 358 valence electrons. The summed E-state index contributed by atoms with van der Waals surface area (Å²) in [7, 11) is 0. The van der Waals surface area contributed by atoms with Crippen LogP contribution in [0.2, 0.25) is 0 Å². The molecule has 0 bridgehead atoms. The number of carbonyl (C=O) groups is 3. The highest BCUT2D eigenvalue weighted by Crippen LogP contribution is 2.16. The van der Waals surface area contributed by atoms with Gasteiger partial charge in [0.05, 0.1) is 0 Å². The van der Waals surface area contributed by atoms with Crippen molar-refractivity contribution in [1.82, 2.24) is 0 Å². The van der Waals surface area contributed by atoms with Crippen LogP contribution in [-0.4, -0.2) is 37.2 Å². The fourth-order valence-corrected chi connectivity index (χ4v) is 7.83. The van der Waals surface area contributed by atoms with Gasteiger partial charge in [-0.25, -0.2) is 0 Å². The number of unbranched alkanes of at least 4 members (excludes halogenated alkanes) is 34. The van der Waals surface area contributed by atoms with Gasteiger partial charge in [-0.2, -0.15) is 0 Å². The molecule has 0 radical (unpaired) electrons. The molecule has 1 unspecified atom stereocenters. The van der Waals surface area contributed by atoms with Crippen molar-refractivity contribution in [1.29, 1.82) is 0 Å². The Balaban J connectivity index is 4.31. The maximum atomic E-state index is 12.8. The van der Waals surface area contributed by atoms with E-state index in [4.69, 9.17) is 14.2 Å². The minimum atomic E-state index is -0.771. The monoisotopic (exact) mass is 859 g/mol. The molecule has 0 aromatic rings.